The second kappa shape index (κ2) is 5.63. The molecule has 1 aliphatic heterocycles. The molecule has 0 radical (unpaired) electrons. The molecule has 0 spiro atoms. The molecule has 1 saturated heterocycles. The first kappa shape index (κ1) is 11.9. The minimum atomic E-state index is -0.170. The van der Waals surface area contributed by atoms with Gasteiger partial charge in [-0.3, -0.25) is 9.78 Å². The van der Waals surface area contributed by atoms with E-state index < -0.39 is 0 Å². The van der Waals surface area contributed by atoms with E-state index in [1.54, 1.807) is 12.1 Å². The number of rotatable bonds is 4. The van der Waals surface area contributed by atoms with Gasteiger partial charge < -0.3 is 15.8 Å². The van der Waals surface area contributed by atoms with Crippen LogP contribution in [0.3, 0.4) is 0 Å². The molecule has 1 fully saturated rings. The van der Waals surface area contributed by atoms with Gasteiger partial charge in [-0.25, -0.2) is 0 Å². The van der Waals surface area contributed by atoms with E-state index in [1.165, 1.54) is 6.20 Å². The van der Waals surface area contributed by atoms with E-state index in [0.29, 0.717) is 23.8 Å². The maximum absolute atomic E-state index is 11.7. The van der Waals surface area contributed by atoms with Crippen LogP contribution in [0, 0.1) is 5.92 Å². The van der Waals surface area contributed by atoms with Gasteiger partial charge in [0.05, 0.1) is 0 Å². The fourth-order valence-corrected chi connectivity index (χ4v) is 1.86. The molecular formula is C12H17N3O2. The zero-order valence-corrected chi connectivity index (χ0v) is 9.69. The number of nitrogens with two attached hydrogens (primary N) is 1. The molecular weight excluding hydrogens is 218 g/mol. The predicted octanol–water partition coefficient (Wildman–Crippen LogP) is 0.820. The molecule has 0 aliphatic carbocycles. The van der Waals surface area contributed by atoms with Crippen molar-refractivity contribution in [1.29, 1.82) is 0 Å². The molecule has 2 rings (SSSR count). The van der Waals surface area contributed by atoms with Gasteiger partial charge in [0.25, 0.3) is 5.91 Å². The largest absolute Gasteiger partial charge is 0.399 e. The van der Waals surface area contributed by atoms with Gasteiger partial charge >= 0.3 is 0 Å². The Kier molecular flexibility index (Phi) is 3.93. The van der Waals surface area contributed by atoms with E-state index in [1.807, 2.05) is 0 Å². The molecule has 1 atom stereocenters. The Hall–Kier alpha value is -1.62. The van der Waals surface area contributed by atoms with Gasteiger partial charge in [-0.15, -0.1) is 0 Å². The molecule has 5 nitrogen and oxygen atoms in total. The Morgan fingerprint density at radius 1 is 1.65 bits per heavy atom. The Balaban J connectivity index is 1.77. The number of nitrogens with one attached hydrogen (secondary N) is 1. The number of aromatic nitrogens is 1. The number of nitrogen functional groups attached to an aromatic ring is 1. The third kappa shape index (κ3) is 3.42. The van der Waals surface area contributed by atoms with Crippen LogP contribution in [0.1, 0.15) is 23.3 Å². The molecule has 2 heterocycles. The summed E-state index contributed by atoms with van der Waals surface area (Å²) in [5, 5.41) is 2.84. The smallest absolute Gasteiger partial charge is 0.269 e. The number of hydrogen-bond acceptors (Lipinski definition) is 4. The first-order valence-electron chi connectivity index (χ1n) is 5.83. The molecule has 1 unspecified atom stereocenters. The van der Waals surface area contributed by atoms with Gasteiger partial charge in [0.2, 0.25) is 0 Å². The molecule has 0 bridgehead atoms. The number of carbonyl (C=O) groups excluding carboxylic acids is 1. The van der Waals surface area contributed by atoms with E-state index >= 15 is 0 Å². The molecule has 92 valence electrons. The topological polar surface area (TPSA) is 77.2 Å². The fraction of sp³-hybridized carbons (Fsp3) is 0.500. The lowest BCUT2D eigenvalue weighted by Crippen LogP contribution is -2.26. The lowest BCUT2D eigenvalue weighted by Gasteiger charge is -2.08. The van der Waals surface area contributed by atoms with Crippen LogP contribution in [-0.4, -0.2) is 30.6 Å². The molecule has 3 N–H and O–H groups in total. The minimum absolute atomic E-state index is 0.170. The van der Waals surface area contributed by atoms with E-state index in [4.69, 9.17) is 10.5 Å². The molecule has 5 heteroatoms. The van der Waals surface area contributed by atoms with Crippen molar-refractivity contribution in [2.75, 3.05) is 25.5 Å². The standard InChI is InChI=1S/C12H17N3O2/c13-10-2-5-14-11(7-10)12(16)15-4-1-9-3-6-17-8-9/h2,5,7,9H,1,3-4,6,8H2,(H2,13,14)(H,15,16). The average Bonchev–Trinajstić information content (AvgIpc) is 2.82. The Bertz CT molecular complexity index is 389. The van der Waals surface area contributed by atoms with Gasteiger partial charge in [0.15, 0.2) is 0 Å². The Morgan fingerprint density at radius 3 is 3.24 bits per heavy atom. The average molecular weight is 235 g/mol. The summed E-state index contributed by atoms with van der Waals surface area (Å²) >= 11 is 0. The van der Waals surface area contributed by atoms with Crippen molar-refractivity contribution in [3.05, 3.63) is 24.0 Å². The van der Waals surface area contributed by atoms with Crippen LogP contribution < -0.4 is 11.1 Å². The Morgan fingerprint density at radius 2 is 2.53 bits per heavy atom. The number of amides is 1. The first-order valence-corrected chi connectivity index (χ1v) is 5.83. The second-order valence-corrected chi connectivity index (χ2v) is 4.25. The van der Waals surface area contributed by atoms with Crippen LogP contribution in [0.5, 0.6) is 0 Å². The Labute approximate surface area is 100 Å². The highest BCUT2D eigenvalue weighted by Crippen LogP contribution is 2.15. The highest BCUT2D eigenvalue weighted by Gasteiger charge is 2.15. The highest BCUT2D eigenvalue weighted by atomic mass is 16.5. The van der Waals surface area contributed by atoms with E-state index in [-0.39, 0.29) is 5.91 Å². The molecule has 1 amide bonds. The van der Waals surface area contributed by atoms with Crippen molar-refractivity contribution in [2.45, 2.75) is 12.8 Å². The second-order valence-electron chi connectivity index (χ2n) is 4.25. The van der Waals surface area contributed by atoms with Crippen molar-refractivity contribution >= 4 is 11.6 Å². The number of nitrogens with zero attached hydrogens (tertiary/aromatic N) is 1. The van der Waals surface area contributed by atoms with Crippen LogP contribution in [-0.2, 0) is 4.74 Å². The van der Waals surface area contributed by atoms with E-state index in [9.17, 15) is 4.79 Å². The van der Waals surface area contributed by atoms with Crippen molar-refractivity contribution in [3.63, 3.8) is 0 Å². The summed E-state index contributed by atoms with van der Waals surface area (Å²) in [7, 11) is 0. The summed E-state index contributed by atoms with van der Waals surface area (Å²) in [5.41, 5.74) is 6.51. The first-order chi connectivity index (χ1) is 8.25. The maximum atomic E-state index is 11.7. The van der Waals surface area contributed by atoms with Crippen molar-refractivity contribution < 1.29 is 9.53 Å². The predicted molar refractivity (Wildman–Crippen MR) is 64.5 cm³/mol. The van der Waals surface area contributed by atoms with Crippen LogP contribution in [0.15, 0.2) is 18.3 Å². The normalized spacial score (nSPS) is 19.2. The molecule has 1 aromatic heterocycles. The van der Waals surface area contributed by atoms with Crippen molar-refractivity contribution in [2.24, 2.45) is 5.92 Å². The van der Waals surface area contributed by atoms with Crippen LogP contribution in [0.25, 0.3) is 0 Å². The molecule has 0 aromatic carbocycles. The van der Waals surface area contributed by atoms with E-state index in [2.05, 4.69) is 10.3 Å². The molecule has 1 aliphatic rings. The molecule has 1 aromatic rings. The monoisotopic (exact) mass is 235 g/mol. The third-order valence-corrected chi connectivity index (χ3v) is 2.88. The highest BCUT2D eigenvalue weighted by molar-refractivity contribution is 5.92. The van der Waals surface area contributed by atoms with Crippen LogP contribution in [0.2, 0.25) is 0 Å². The van der Waals surface area contributed by atoms with Crippen molar-refractivity contribution in [1.82, 2.24) is 10.3 Å². The number of anilines is 1. The summed E-state index contributed by atoms with van der Waals surface area (Å²) in [6.45, 7) is 2.31. The van der Waals surface area contributed by atoms with Crippen molar-refractivity contribution in [3.8, 4) is 0 Å². The van der Waals surface area contributed by atoms with Gasteiger partial charge in [0.1, 0.15) is 5.69 Å². The minimum Gasteiger partial charge on any atom is -0.399 e. The number of pyridine rings is 1. The zero-order valence-electron chi connectivity index (χ0n) is 9.69. The van der Waals surface area contributed by atoms with E-state index in [0.717, 1.165) is 26.1 Å². The summed E-state index contributed by atoms with van der Waals surface area (Å²) in [6, 6.07) is 3.24. The van der Waals surface area contributed by atoms with Gasteiger partial charge in [-0.1, -0.05) is 0 Å². The lowest BCUT2D eigenvalue weighted by molar-refractivity contribution is 0.0945. The summed E-state index contributed by atoms with van der Waals surface area (Å²) < 4.78 is 5.27. The summed E-state index contributed by atoms with van der Waals surface area (Å²) in [6.07, 6.45) is 3.58. The lowest BCUT2D eigenvalue weighted by atomic mass is 10.1. The van der Waals surface area contributed by atoms with Crippen LogP contribution >= 0.6 is 0 Å². The van der Waals surface area contributed by atoms with Gasteiger partial charge in [-0.2, -0.15) is 0 Å². The zero-order chi connectivity index (χ0) is 12.1. The van der Waals surface area contributed by atoms with Gasteiger partial charge in [0, 0.05) is 31.6 Å². The number of ether oxygens (including phenoxy) is 1. The summed E-state index contributed by atoms with van der Waals surface area (Å²) in [4.78, 5) is 15.7. The van der Waals surface area contributed by atoms with Crippen LogP contribution in [0.4, 0.5) is 5.69 Å². The quantitative estimate of drug-likeness (QED) is 0.810. The number of hydrogen-bond donors (Lipinski definition) is 2. The fourth-order valence-electron chi connectivity index (χ4n) is 1.86. The maximum Gasteiger partial charge on any atom is 0.269 e. The SMILES string of the molecule is Nc1ccnc(C(=O)NCCC2CCOC2)c1. The summed E-state index contributed by atoms with van der Waals surface area (Å²) in [5.74, 6) is 0.403. The molecule has 17 heavy (non-hydrogen) atoms. The third-order valence-electron chi connectivity index (χ3n) is 2.88. The number of carbonyl (C=O) groups is 1. The van der Waals surface area contributed by atoms with Gasteiger partial charge in [-0.05, 0) is 30.9 Å². The molecule has 0 saturated carbocycles.